The van der Waals surface area contributed by atoms with Crippen LogP contribution in [-0.2, 0) is 0 Å². The van der Waals surface area contributed by atoms with E-state index in [1.165, 1.54) is 10.4 Å². The maximum atomic E-state index is 13.3. The second kappa shape index (κ2) is 8.60. The van der Waals surface area contributed by atoms with E-state index in [9.17, 15) is 4.79 Å². The maximum absolute atomic E-state index is 13.3. The van der Waals surface area contributed by atoms with E-state index in [0.717, 1.165) is 61.7 Å². The topological polar surface area (TPSA) is 39.7 Å². The van der Waals surface area contributed by atoms with Gasteiger partial charge in [-0.1, -0.05) is 12.1 Å². The van der Waals surface area contributed by atoms with Gasteiger partial charge < -0.3 is 9.80 Å². The smallest absolute Gasteiger partial charge is 0.254 e. The molecule has 1 unspecified atom stereocenters. The zero-order valence-electron chi connectivity index (χ0n) is 18.3. The van der Waals surface area contributed by atoms with Crippen LogP contribution in [0.2, 0.25) is 0 Å². The van der Waals surface area contributed by atoms with E-state index in [1.807, 2.05) is 29.2 Å². The van der Waals surface area contributed by atoms with Gasteiger partial charge in [-0.3, -0.25) is 9.69 Å². The number of carbonyl (C=O) groups excluding carboxylic acids is 1. The Balaban J connectivity index is 1.29. The summed E-state index contributed by atoms with van der Waals surface area (Å²) in [5.74, 6) is 0.123. The SMILES string of the molecule is CC(C)N1CCN(c2ccc(C(=O)N3CCCC3c3nc4ccccc4s3)cc2)CC1. The monoisotopic (exact) mass is 434 g/mol. The van der Waals surface area contributed by atoms with Gasteiger partial charge in [0.15, 0.2) is 0 Å². The molecule has 0 saturated carbocycles. The number of anilines is 1. The number of piperazine rings is 1. The highest BCUT2D eigenvalue weighted by molar-refractivity contribution is 7.18. The zero-order valence-corrected chi connectivity index (χ0v) is 19.1. The first-order valence-electron chi connectivity index (χ1n) is 11.4. The molecule has 0 N–H and O–H groups in total. The lowest BCUT2D eigenvalue weighted by Gasteiger charge is -2.38. The van der Waals surface area contributed by atoms with Crippen LogP contribution in [0, 0.1) is 0 Å². The normalized spacial score (nSPS) is 20.2. The fourth-order valence-electron chi connectivity index (χ4n) is 4.78. The highest BCUT2D eigenvalue weighted by Crippen LogP contribution is 2.37. The number of thiazole rings is 1. The molecule has 3 aromatic rings. The predicted octanol–water partition coefficient (Wildman–Crippen LogP) is 4.80. The number of amides is 1. The van der Waals surface area contributed by atoms with Crippen LogP contribution in [0.5, 0.6) is 0 Å². The number of rotatable bonds is 4. The molecule has 1 aromatic heterocycles. The van der Waals surface area contributed by atoms with E-state index in [-0.39, 0.29) is 11.9 Å². The number of aromatic nitrogens is 1. The van der Waals surface area contributed by atoms with Crippen molar-refractivity contribution in [3.63, 3.8) is 0 Å². The molecule has 1 amide bonds. The largest absolute Gasteiger partial charge is 0.369 e. The van der Waals surface area contributed by atoms with Crippen LogP contribution in [0.1, 0.15) is 48.1 Å². The van der Waals surface area contributed by atoms with E-state index in [1.54, 1.807) is 11.3 Å². The lowest BCUT2D eigenvalue weighted by molar-refractivity contribution is 0.0735. The van der Waals surface area contributed by atoms with Crippen LogP contribution in [0.15, 0.2) is 48.5 Å². The minimum atomic E-state index is 0.0914. The van der Waals surface area contributed by atoms with Crippen molar-refractivity contribution in [2.75, 3.05) is 37.6 Å². The second-order valence-electron chi connectivity index (χ2n) is 8.84. The van der Waals surface area contributed by atoms with Gasteiger partial charge in [-0.2, -0.15) is 0 Å². The lowest BCUT2D eigenvalue weighted by Crippen LogP contribution is -2.48. The summed E-state index contributed by atoms with van der Waals surface area (Å²) in [4.78, 5) is 25.1. The van der Waals surface area contributed by atoms with Crippen LogP contribution >= 0.6 is 11.3 Å². The number of likely N-dealkylation sites (tertiary alicyclic amines) is 1. The van der Waals surface area contributed by atoms with Crippen LogP contribution in [0.3, 0.4) is 0 Å². The Morgan fingerprint density at radius 3 is 2.45 bits per heavy atom. The molecule has 2 aliphatic heterocycles. The lowest BCUT2D eigenvalue weighted by atomic mass is 10.1. The summed E-state index contributed by atoms with van der Waals surface area (Å²) in [5.41, 5.74) is 3.02. The molecule has 2 aromatic carbocycles. The summed E-state index contributed by atoms with van der Waals surface area (Å²) in [5, 5.41) is 1.06. The summed E-state index contributed by atoms with van der Waals surface area (Å²) in [6.07, 6.45) is 2.02. The van der Waals surface area contributed by atoms with E-state index >= 15 is 0 Å². The average molecular weight is 435 g/mol. The zero-order chi connectivity index (χ0) is 21.4. The van der Waals surface area contributed by atoms with Crippen molar-refractivity contribution in [2.45, 2.75) is 38.8 Å². The van der Waals surface area contributed by atoms with Crippen molar-refractivity contribution < 1.29 is 4.79 Å². The Hall–Kier alpha value is -2.44. The van der Waals surface area contributed by atoms with Gasteiger partial charge in [-0.05, 0) is 63.1 Å². The Morgan fingerprint density at radius 1 is 1.00 bits per heavy atom. The molecule has 31 heavy (non-hydrogen) atoms. The first kappa shape index (κ1) is 20.5. The molecule has 5 nitrogen and oxygen atoms in total. The third-order valence-electron chi connectivity index (χ3n) is 6.63. The molecule has 1 atom stereocenters. The number of para-hydroxylation sites is 1. The van der Waals surface area contributed by atoms with Gasteiger partial charge >= 0.3 is 0 Å². The average Bonchev–Trinajstić information content (AvgIpc) is 3.45. The first-order chi connectivity index (χ1) is 15.1. The van der Waals surface area contributed by atoms with Gasteiger partial charge in [0, 0.05) is 50.0 Å². The number of benzene rings is 2. The van der Waals surface area contributed by atoms with Gasteiger partial charge in [-0.15, -0.1) is 11.3 Å². The standard InChI is InChI=1S/C25H30N4OS/c1-18(2)27-14-16-28(17-15-27)20-11-9-19(10-12-20)25(30)29-13-5-7-22(29)24-26-21-6-3-4-8-23(21)31-24/h3-4,6,8-12,18,22H,5,7,13-17H2,1-2H3. The Morgan fingerprint density at radius 2 is 1.74 bits per heavy atom. The fourth-order valence-corrected chi connectivity index (χ4v) is 5.89. The Labute approximate surface area is 188 Å². The van der Waals surface area contributed by atoms with E-state index in [4.69, 9.17) is 4.98 Å². The molecule has 2 aliphatic rings. The summed E-state index contributed by atoms with van der Waals surface area (Å²) in [6, 6.07) is 17.1. The van der Waals surface area contributed by atoms with Crippen molar-refractivity contribution in [1.29, 1.82) is 0 Å². The number of hydrogen-bond donors (Lipinski definition) is 0. The third-order valence-corrected chi connectivity index (χ3v) is 7.77. The van der Waals surface area contributed by atoms with Gasteiger partial charge in [0.2, 0.25) is 0 Å². The van der Waals surface area contributed by atoms with E-state index in [2.05, 4.69) is 47.9 Å². The molecule has 0 spiro atoms. The Bertz CT molecular complexity index is 1020. The van der Waals surface area contributed by atoms with Crippen LogP contribution in [0.25, 0.3) is 10.2 Å². The van der Waals surface area contributed by atoms with Crippen molar-refractivity contribution in [1.82, 2.24) is 14.8 Å². The van der Waals surface area contributed by atoms with Crippen LogP contribution < -0.4 is 4.90 Å². The quantitative estimate of drug-likeness (QED) is 0.591. The molecular formula is C25H30N4OS. The summed E-state index contributed by atoms with van der Waals surface area (Å²) in [7, 11) is 0. The van der Waals surface area contributed by atoms with Crippen molar-refractivity contribution in [3.05, 3.63) is 59.1 Å². The van der Waals surface area contributed by atoms with Crippen molar-refractivity contribution >= 4 is 33.1 Å². The van der Waals surface area contributed by atoms with Gasteiger partial charge in [0.1, 0.15) is 5.01 Å². The highest BCUT2D eigenvalue weighted by atomic mass is 32.1. The maximum Gasteiger partial charge on any atom is 0.254 e. The van der Waals surface area contributed by atoms with Crippen molar-refractivity contribution in [2.24, 2.45) is 0 Å². The molecule has 0 radical (unpaired) electrons. The second-order valence-corrected chi connectivity index (χ2v) is 9.90. The molecule has 3 heterocycles. The fraction of sp³-hybridized carbons (Fsp3) is 0.440. The first-order valence-corrected chi connectivity index (χ1v) is 12.2. The summed E-state index contributed by atoms with van der Waals surface area (Å²) >= 11 is 1.72. The number of hydrogen-bond acceptors (Lipinski definition) is 5. The van der Waals surface area contributed by atoms with E-state index < -0.39 is 0 Å². The molecule has 0 bridgehead atoms. The summed E-state index contributed by atoms with van der Waals surface area (Å²) < 4.78 is 1.19. The third kappa shape index (κ3) is 4.06. The predicted molar refractivity (Wildman–Crippen MR) is 128 cm³/mol. The van der Waals surface area contributed by atoms with Gasteiger partial charge in [0.05, 0.1) is 16.3 Å². The van der Waals surface area contributed by atoms with Crippen LogP contribution in [0.4, 0.5) is 5.69 Å². The van der Waals surface area contributed by atoms with Gasteiger partial charge in [-0.25, -0.2) is 4.98 Å². The minimum absolute atomic E-state index is 0.0914. The Kier molecular flexibility index (Phi) is 5.67. The molecule has 5 rings (SSSR count). The number of fused-ring (bicyclic) bond motifs is 1. The minimum Gasteiger partial charge on any atom is -0.369 e. The highest BCUT2D eigenvalue weighted by Gasteiger charge is 2.33. The number of nitrogens with zero attached hydrogens (tertiary/aromatic N) is 4. The summed E-state index contributed by atoms with van der Waals surface area (Å²) in [6.45, 7) is 9.59. The molecule has 2 fully saturated rings. The van der Waals surface area contributed by atoms with Gasteiger partial charge in [0.25, 0.3) is 5.91 Å². The molecule has 2 saturated heterocycles. The van der Waals surface area contributed by atoms with Crippen molar-refractivity contribution in [3.8, 4) is 0 Å². The molecular weight excluding hydrogens is 404 g/mol. The molecule has 6 heteroatoms. The van der Waals surface area contributed by atoms with E-state index in [0.29, 0.717) is 6.04 Å². The van der Waals surface area contributed by atoms with Crippen LogP contribution in [-0.4, -0.2) is 59.5 Å². The molecule has 162 valence electrons. The number of carbonyl (C=O) groups is 1. The molecule has 0 aliphatic carbocycles.